The molecular weight excluding hydrogens is 420 g/mol. The third-order valence-corrected chi connectivity index (χ3v) is 6.58. The van der Waals surface area contributed by atoms with E-state index in [0.717, 1.165) is 41.4 Å². The van der Waals surface area contributed by atoms with Crippen LogP contribution in [-0.2, 0) is 4.79 Å². The van der Waals surface area contributed by atoms with Gasteiger partial charge in [0, 0.05) is 56.7 Å². The van der Waals surface area contributed by atoms with Crippen molar-refractivity contribution in [1.82, 2.24) is 14.8 Å². The zero-order chi connectivity index (χ0) is 22.5. The van der Waals surface area contributed by atoms with Gasteiger partial charge in [0.25, 0.3) is 5.91 Å². The predicted molar refractivity (Wildman–Crippen MR) is 129 cm³/mol. The molecule has 3 N–H and O–H groups in total. The smallest absolute Gasteiger partial charge is 0.266 e. The number of aryl methyl sites for hydroxylation is 1. The number of nitrogens with one attached hydrogen (secondary N) is 1. The van der Waals surface area contributed by atoms with Gasteiger partial charge in [-0.3, -0.25) is 9.69 Å². The number of benzene rings is 2. The molecule has 1 amide bonds. The zero-order valence-corrected chi connectivity index (χ0v) is 18.9. The van der Waals surface area contributed by atoms with Gasteiger partial charge in [-0.05, 0) is 48.9 Å². The van der Waals surface area contributed by atoms with Gasteiger partial charge in [0.05, 0.1) is 10.2 Å². The first-order chi connectivity index (χ1) is 15.6. The van der Waals surface area contributed by atoms with Crippen LogP contribution in [0, 0.1) is 18.3 Å². The van der Waals surface area contributed by atoms with Gasteiger partial charge in [-0.25, -0.2) is 4.98 Å². The Labute approximate surface area is 191 Å². The molecule has 1 saturated heterocycles. The Balaban J connectivity index is 1.40. The molecule has 0 aliphatic carbocycles. The molecule has 0 unspecified atom stereocenters. The number of nitriles is 1. The predicted octanol–water partition coefficient (Wildman–Crippen LogP) is 3.19. The molecule has 164 valence electrons. The van der Waals surface area contributed by atoms with E-state index in [2.05, 4.69) is 29.3 Å². The second-order valence-electron chi connectivity index (χ2n) is 7.80. The molecule has 2 aromatic carbocycles. The van der Waals surface area contributed by atoms with E-state index in [0.29, 0.717) is 19.6 Å². The standard InChI is InChI=1S/C24H26N6OS/c1-17-2-7-21-22(14-17)32-23(28-21)18-3-5-20(6-4-18)27-16-19(15-26)24(31)30-12-10-29(9-8-25)11-13-30/h2-7,14,16,27H,8-13,25H2,1H3/b19-16-. The van der Waals surface area contributed by atoms with Gasteiger partial charge in [-0.1, -0.05) is 6.07 Å². The van der Waals surface area contributed by atoms with E-state index < -0.39 is 0 Å². The second-order valence-corrected chi connectivity index (χ2v) is 8.83. The summed E-state index contributed by atoms with van der Waals surface area (Å²) in [5.41, 5.74) is 9.76. The number of nitrogens with two attached hydrogens (primary N) is 1. The molecule has 0 spiro atoms. The normalized spacial score (nSPS) is 15.0. The third-order valence-electron chi connectivity index (χ3n) is 5.51. The summed E-state index contributed by atoms with van der Waals surface area (Å²) >= 11 is 1.67. The van der Waals surface area contributed by atoms with Crippen molar-refractivity contribution in [3.63, 3.8) is 0 Å². The number of amides is 1. The molecule has 1 aliphatic heterocycles. The maximum atomic E-state index is 12.7. The second kappa shape index (κ2) is 9.92. The van der Waals surface area contributed by atoms with Crippen LogP contribution in [-0.4, -0.2) is 60.0 Å². The first-order valence-electron chi connectivity index (χ1n) is 10.6. The number of carbonyl (C=O) groups is 1. The quantitative estimate of drug-likeness (QED) is 0.446. The average Bonchev–Trinajstić information content (AvgIpc) is 3.23. The first kappa shape index (κ1) is 22.0. The highest BCUT2D eigenvalue weighted by Gasteiger charge is 2.23. The molecule has 4 rings (SSSR count). The van der Waals surface area contributed by atoms with E-state index in [1.165, 1.54) is 16.5 Å². The molecule has 0 bridgehead atoms. The zero-order valence-electron chi connectivity index (χ0n) is 18.0. The van der Waals surface area contributed by atoms with Crippen molar-refractivity contribution in [3.8, 4) is 16.6 Å². The number of anilines is 1. The Bertz CT molecular complexity index is 1170. The summed E-state index contributed by atoms with van der Waals surface area (Å²) in [6.45, 7) is 6.29. The third kappa shape index (κ3) is 4.97. The topological polar surface area (TPSA) is 98.3 Å². The summed E-state index contributed by atoms with van der Waals surface area (Å²) in [5, 5.41) is 13.5. The minimum Gasteiger partial charge on any atom is -0.360 e. The van der Waals surface area contributed by atoms with Crippen LogP contribution in [0.15, 0.2) is 54.2 Å². The Kier molecular flexibility index (Phi) is 6.81. The number of thiazole rings is 1. The van der Waals surface area contributed by atoms with Crippen LogP contribution in [0.4, 0.5) is 5.69 Å². The van der Waals surface area contributed by atoms with Gasteiger partial charge in [-0.2, -0.15) is 5.26 Å². The van der Waals surface area contributed by atoms with E-state index in [9.17, 15) is 10.1 Å². The van der Waals surface area contributed by atoms with E-state index >= 15 is 0 Å². The van der Waals surface area contributed by atoms with Crippen molar-refractivity contribution in [2.75, 3.05) is 44.6 Å². The number of aromatic nitrogens is 1. The van der Waals surface area contributed by atoms with Gasteiger partial charge < -0.3 is 16.0 Å². The van der Waals surface area contributed by atoms with Crippen LogP contribution in [0.1, 0.15) is 5.56 Å². The first-order valence-corrected chi connectivity index (χ1v) is 11.4. The van der Waals surface area contributed by atoms with Crippen molar-refractivity contribution in [2.24, 2.45) is 5.73 Å². The van der Waals surface area contributed by atoms with Crippen molar-refractivity contribution in [3.05, 3.63) is 59.8 Å². The molecular formula is C24H26N6OS. The molecule has 7 nitrogen and oxygen atoms in total. The van der Waals surface area contributed by atoms with Crippen LogP contribution < -0.4 is 11.1 Å². The molecule has 3 aromatic rings. The number of carbonyl (C=O) groups excluding carboxylic acids is 1. The van der Waals surface area contributed by atoms with E-state index in [1.54, 1.807) is 16.2 Å². The Morgan fingerprint density at radius 3 is 2.66 bits per heavy atom. The van der Waals surface area contributed by atoms with Gasteiger partial charge in [0.2, 0.25) is 0 Å². The summed E-state index contributed by atoms with van der Waals surface area (Å²) in [6.07, 6.45) is 1.49. The summed E-state index contributed by atoms with van der Waals surface area (Å²) in [5.74, 6) is -0.242. The summed E-state index contributed by atoms with van der Waals surface area (Å²) in [7, 11) is 0. The lowest BCUT2D eigenvalue weighted by Gasteiger charge is -2.34. The summed E-state index contributed by atoms with van der Waals surface area (Å²) < 4.78 is 1.17. The molecule has 0 saturated carbocycles. The Morgan fingerprint density at radius 1 is 1.22 bits per heavy atom. The minimum absolute atomic E-state index is 0.0999. The van der Waals surface area contributed by atoms with Crippen LogP contribution in [0.5, 0.6) is 0 Å². The van der Waals surface area contributed by atoms with Crippen LogP contribution in [0.25, 0.3) is 20.8 Å². The van der Waals surface area contributed by atoms with E-state index in [1.807, 2.05) is 36.4 Å². The summed E-state index contributed by atoms with van der Waals surface area (Å²) in [6, 6.07) is 16.1. The molecule has 8 heteroatoms. The molecule has 1 fully saturated rings. The van der Waals surface area contributed by atoms with Crippen molar-refractivity contribution in [1.29, 1.82) is 5.26 Å². The lowest BCUT2D eigenvalue weighted by molar-refractivity contribution is -0.128. The SMILES string of the molecule is Cc1ccc2nc(-c3ccc(N/C=C(/C#N)C(=O)N4CCN(CCN)CC4)cc3)sc2c1. The fraction of sp³-hybridized carbons (Fsp3) is 0.292. The fourth-order valence-corrected chi connectivity index (χ4v) is 4.76. The highest BCUT2D eigenvalue weighted by atomic mass is 32.1. The number of nitrogens with zero attached hydrogens (tertiary/aromatic N) is 4. The monoisotopic (exact) mass is 446 g/mol. The van der Waals surface area contributed by atoms with Gasteiger partial charge in [-0.15, -0.1) is 11.3 Å². The molecule has 0 radical (unpaired) electrons. The number of fused-ring (bicyclic) bond motifs is 1. The molecule has 1 aliphatic rings. The average molecular weight is 447 g/mol. The van der Waals surface area contributed by atoms with Gasteiger partial charge in [0.1, 0.15) is 16.6 Å². The maximum absolute atomic E-state index is 12.7. The van der Waals surface area contributed by atoms with Crippen LogP contribution >= 0.6 is 11.3 Å². The van der Waals surface area contributed by atoms with Crippen LogP contribution in [0.3, 0.4) is 0 Å². The van der Waals surface area contributed by atoms with Crippen molar-refractivity contribution in [2.45, 2.75) is 6.92 Å². The molecule has 1 aromatic heterocycles. The van der Waals surface area contributed by atoms with E-state index in [4.69, 9.17) is 10.7 Å². The molecule has 0 atom stereocenters. The highest BCUT2D eigenvalue weighted by Crippen LogP contribution is 2.31. The van der Waals surface area contributed by atoms with Crippen molar-refractivity contribution >= 4 is 33.1 Å². The summed E-state index contributed by atoms with van der Waals surface area (Å²) in [4.78, 5) is 21.4. The van der Waals surface area contributed by atoms with Gasteiger partial charge >= 0.3 is 0 Å². The fourth-order valence-electron chi connectivity index (χ4n) is 3.69. The Morgan fingerprint density at radius 2 is 1.97 bits per heavy atom. The molecule has 2 heterocycles. The molecule has 32 heavy (non-hydrogen) atoms. The number of hydrogen-bond donors (Lipinski definition) is 2. The van der Waals surface area contributed by atoms with Crippen LogP contribution in [0.2, 0.25) is 0 Å². The lowest BCUT2D eigenvalue weighted by atomic mass is 10.2. The lowest BCUT2D eigenvalue weighted by Crippen LogP contribution is -2.50. The largest absolute Gasteiger partial charge is 0.360 e. The number of rotatable bonds is 6. The number of hydrogen-bond acceptors (Lipinski definition) is 7. The maximum Gasteiger partial charge on any atom is 0.266 e. The van der Waals surface area contributed by atoms with E-state index in [-0.39, 0.29) is 11.5 Å². The van der Waals surface area contributed by atoms with Crippen molar-refractivity contribution < 1.29 is 4.79 Å². The van der Waals surface area contributed by atoms with Gasteiger partial charge in [0.15, 0.2) is 0 Å². The highest BCUT2D eigenvalue weighted by molar-refractivity contribution is 7.21. The number of piperazine rings is 1. The Hall–Kier alpha value is -3.25. The minimum atomic E-state index is -0.242.